The van der Waals surface area contributed by atoms with E-state index in [0.29, 0.717) is 18.0 Å². The van der Waals surface area contributed by atoms with Crippen LogP contribution in [0.4, 0.5) is 5.69 Å². The molecule has 0 atom stereocenters. The largest absolute Gasteiger partial charge is 0.488 e. The van der Waals surface area contributed by atoms with Crippen LogP contribution >= 0.6 is 0 Å². The molecule has 2 rings (SSSR count). The molecule has 0 amide bonds. The van der Waals surface area contributed by atoms with Gasteiger partial charge >= 0.3 is 5.97 Å². The SMILES string of the molecule is Cc1ccc(C)c(COc2ccc(N)cc2C(=O)O)c1. The number of aryl methyl sites for hydroxylation is 2. The van der Waals surface area contributed by atoms with Crippen molar-refractivity contribution < 1.29 is 14.6 Å². The van der Waals surface area contributed by atoms with Gasteiger partial charge in [0, 0.05) is 5.69 Å². The Morgan fingerprint density at radius 2 is 1.95 bits per heavy atom. The molecule has 0 unspecified atom stereocenters. The minimum absolute atomic E-state index is 0.0790. The molecule has 2 aromatic rings. The number of aromatic carboxylic acids is 1. The molecule has 0 aliphatic carbocycles. The number of hydrogen-bond donors (Lipinski definition) is 2. The summed E-state index contributed by atoms with van der Waals surface area (Å²) in [6.45, 7) is 4.34. The Balaban J connectivity index is 2.23. The van der Waals surface area contributed by atoms with Gasteiger partial charge in [-0.05, 0) is 43.2 Å². The summed E-state index contributed by atoms with van der Waals surface area (Å²) in [6, 6.07) is 10.7. The zero-order valence-electron chi connectivity index (χ0n) is 11.5. The van der Waals surface area contributed by atoms with Crippen LogP contribution in [-0.4, -0.2) is 11.1 Å². The summed E-state index contributed by atoms with van der Waals surface area (Å²) in [6.07, 6.45) is 0. The maximum Gasteiger partial charge on any atom is 0.339 e. The number of hydrogen-bond acceptors (Lipinski definition) is 3. The van der Waals surface area contributed by atoms with E-state index in [1.54, 1.807) is 12.1 Å². The Morgan fingerprint density at radius 3 is 2.65 bits per heavy atom. The lowest BCUT2D eigenvalue weighted by Crippen LogP contribution is -2.05. The van der Waals surface area contributed by atoms with E-state index in [0.717, 1.165) is 16.7 Å². The fraction of sp³-hybridized carbons (Fsp3) is 0.188. The molecule has 104 valence electrons. The van der Waals surface area contributed by atoms with Gasteiger partial charge in [-0.3, -0.25) is 0 Å². The van der Waals surface area contributed by atoms with Crippen LogP contribution in [0.5, 0.6) is 5.75 Å². The second-order valence-corrected chi connectivity index (χ2v) is 4.78. The Labute approximate surface area is 117 Å². The zero-order valence-corrected chi connectivity index (χ0v) is 11.5. The van der Waals surface area contributed by atoms with Gasteiger partial charge in [0.2, 0.25) is 0 Å². The van der Waals surface area contributed by atoms with Crippen molar-refractivity contribution in [1.29, 1.82) is 0 Å². The fourth-order valence-electron chi connectivity index (χ4n) is 1.95. The summed E-state index contributed by atoms with van der Waals surface area (Å²) in [5.41, 5.74) is 9.38. The minimum Gasteiger partial charge on any atom is -0.488 e. The maximum atomic E-state index is 11.2. The van der Waals surface area contributed by atoms with Gasteiger partial charge in [-0.25, -0.2) is 4.79 Å². The average molecular weight is 271 g/mol. The van der Waals surface area contributed by atoms with Crippen LogP contribution in [0.2, 0.25) is 0 Å². The number of anilines is 1. The zero-order chi connectivity index (χ0) is 14.7. The van der Waals surface area contributed by atoms with Crippen LogP contribution in [-0.2, 0) is 6.61 Å². The van der Waals surface area contributed by atoms with Crippen molar-refractivity contribution in [2.75, 3.05) is 5.73 Å². The first kappa shape index (κ1) is 13.9. The third-order valence-electron chi connectivity index (χ3n) is 3.12. The highest BCUT2D eigenvalue weighted by Crippen LogP contribution is 2.23. The summed E-state index contributed by atoms with van der Waals surface area (Å²) >= 11 is 0. The highest BCUT2D eigenvalue weighted by atomic mass is 16.5. The molecule has 20 heavy (non-hydrogen) atoms. The molecule has 0 fully saturated rings. The smallest absolute Gasteiger partial charge is 0.339 e. The van der Waals surface area contributed by atoms with E-state index in [1.807, 2.05) is 32.0 Å². The van der Waals surface area contributed by atoms with E-state index < -0.39 is 5.97 Å². The first-order chi connectivity index (χ1) is 9.47. The molecule has 0 saturated carbocycles. The number of carbonyl (C=O) groups is 1. The molecule has 0 heterocycles. The molecule has 3 N–H and O–H groups in total. The summed E-state index contributed by atoms with van der Waals surface area (Å²) in [7, 11) is 0. The number of rotatable bonds is 4. The number of ether oxygens (including phenoxy) is 1. The predicted octanol–water partition coefficient (Wildman–Crippen LogP) is 3.16. The third kappa shape index (κ3) is 3.09. The Hall–Kier alpha value is -2.49. The average Bonchev–Trinajstić information content (AvgIpc) is 2.40. The quantitative estimate of drug-likeness (QED) is 0.838. The van der Waals surface area contributed by atoms with Crippen LogP contribution in [0.1, 0.15) is 27.0 Å². The molecule has 0 spiro atoms. The molecule has 0 saturated heterocycles. The van der Waals surface area contributed by atoms with Crippen LogP contribution in [0.15, 0.2) is 36.4 Å². The van der Waals surface area contributed by atoms with Gasteiger partial charge in [-0.1, -0.05) is 23.8 Å². The highest BCUT2D eigenvalue weighted by Gasteiger charge is 2.12. The second kappa shape index (κ2) is 5.65. The highest BCUT2D eigenvalue weighted by molar-refractivity contribution is 5.92. The Kier molecular flexibility index (Phi) is 3.94. The molecule has 0 aromatic heterocycles. The van der Waals surface area contributed by atoms with E-state index in [2.05, 4.69) is 0 Å². The molecule has 0 radical (unpaired) electrons. The molecular weight excluding hydrogens is 254 g/mol. The van der Waals surface area contributed by atoms with Crippen molar-refractivity contribution in [1.82, 2.24) is 0 Å². The monoisotopic (exact) mass is 271 g/mol. The van der Waals surface area contributed by atoms with Crippen molar-refractivity contribution in [2.45, 2.75) is 20.5 Å². The van der Waals surface area contributed by atoms with Crippen molar-refractivity contribution in [3.05, 3.63) is 58.7 Å². The molecule has 2 aromatic carbocycles. The summed E-state index contributed by atoms with van der Waals surface area (Å²) in [5.74, 6) is -0.721. The predicted molar refractivity (Wildman–Crippen MR) is 78.1 cm³/mol. The van der Waals surface area contributed by atoms with E-state index >= 15 is 0 Å². The summed E-state index contributed by atoms with van der Waals surface area (Å²) in [5, 5.41) is 9.15. The Morgan fingerprint density at radius 1 is 1.20 bits per heavy atom. The molecule has 4 heteroatoms. The van der Waals surface area contributed by atoms with Crippen LogP contribution in [0, 0.1) is 13.8 Å². The summed E-state index contributed by atoms with van der Waals surface area (Å²) < 4.78 is 5.64. The minimum atomic E-state index is -1.05. The van der Waals surface area contributed by atoms with Gasteiger partial charge in [0.25, 0.3) is 0 Å². The summed E-state index contributed by atoms with van der Waals surface area (Å²) in [4.78, 5) is 11.2. The van der Waals surface area contributed by atoms with Crippen LogP contribution in [0.3, 0.4) is 0 Å². The van der Waals surface area contributed by atoms with Gasteiger partial charge in [0.1, 0.15) is 17.9 Å². The van der Waals surface area contributed by atoms with Gasteiger partial charge in [-0.15, -0.1) is 0 Å². The molecule has 0 aliphatic heterocycles. The third-order valence-corrected chi connectivity index (χ3v) is 3.12. The van der Waals surface area contributed by atoms with Crippen molar-refractivity contribution in [3.8, 4) is 5.75 Å². The van der Waals surface area contributed by atoms with Gasteiger partial charge in [0.05, 0.1) is 0 Å². The van der Waals surface area contributed by atoms with E-state index in [-0.39, 0.29) is 5.56 Å². The normalized spacial score (nSPS) is 10.3. The fourth-order valence-corrected chi connectivity index (χ4v) is 1.95. The van der Waals surface area contributed by atoms with Crippen LogP contribution in [0.25, 0.3) is 0 Å². The molecular formula is C16H17NO3. The Bertz CT molecular complexity index is 650. The molecule has 0 aliphatic rings. The standard InChI is InChI=1S/C16H17NO3/c1-10-3-4-11(2)12(7-10)9-20-15-6-5-13(17)8-14(15)16(18)19/h3-8H,9,17H2,1-2H3,(H,18,19). The van der Waals surface area contributed by atoms with E-state index in [9.17, 15) is 4.79 Å². The first-order valence-corrected chi connectivity index (χ1v) is 6.29. The van der Waals surface area contributed by atoms with Gasteiger partial charge in [0.15, 0.2) is 0 Å². The maximum absolute atomic E-state index is 11.2. The van der Waals surface area contributed by atoms with Crippen molar-refractivity contribution in [2.24, 2.45) is 0 Å². The van der Waals surface area contributed by atoms with Crippen LogP contribution < -0.4 is 10.5 Å². The van der Waals surface area contributed by atoms with E-state index in [1.165, 1.54) is 6.07 Å². The lowest BCUT2D eigenvalue weighted by atomic mass is 10.1. The van der Waals surface area contributed by atoms with Gasteiger partial charge < -0.3 is 15.6 Å². The van der Waals surface area contributed by atoms with Gasteiger partial charge in [-0.2, -0.15) is 0 Å². The topological polar surface area (TPSA) is 72.5 Å². The molecule has 0 bridgehead atoms. The number of carboxylic acids is 1. The lowest BCUT2D eigenvalue weighted by molar-refractivity contribution is 0.0692. The van der Waals surface area contributed by atoms with Crippen molar-refractivity contribution in [3.63, 3.8) is 0 Å². The number of nitrogen functional groups attached to an aromatic ring is 1. The lowest BCUT2D eigenvalue weighted by Gasteiger charge is -2.12. The number of nitrogens with two attached hydrogens (primary N) is 1. The second-order valence-electron chi connectivity index (χ2n) is 4.78. The number of benzene rings is 2. The van der Waals surface area contributed by atoms with Crippen molar-refractivity contribution >= 4 is 11.7 Å². The molecule has 4 nitrogen and oxygen atoms in total. The first-order valence-electron chi connectivity index (χ1n) is 6.29. The van der Waals surface area contributed by atoms with E-state index in [4.69, 9.17) is 15.6 Å². The number of carboxylic acid groups (broad SMARTS) is 1.